The molecule has 50 heavy (non-hydrogen) atoms. The molecule has 10 nitrogen and oxygen atoms in total. The zero-order valence-electron chi connectivity index (χ0n) is 28.5. The van der Waals surface area contributed by atoms with Crippen LogP contribution in [0.1, 0.15) is 61.6 Å². The Morgan fingerprint density at radius 1 is 0.920 bits per heavy atom. The second-order valence-corrected chi connectivity index (χ2v) is 14.3. The molecule has 4 aliphatic heterocycles. The number of nitrogens with zero attached hydrogens (tertiary/aromatic N) is 4. The number of hydrogen-bond acceptors (Lipinski definition) is 5. The topological polar surface area (TPSA) is 100 Å². The Kier molecular flexibility index (Phi) is 11.3. The standard InChI is InChI=1S/C36H47ClF3N7O3/c1-41-32-28(36(38,39)40)21-24(22-29(32)37)23-31(33(48)45-16-10-26(11-17-45)44-14-5-2-6-15-44)43-34(49)46-18-12-27(13-19-46)47-20-9-25-7-3-4-8-30(25)42-35(47)50/h3-4,7-8,21-22,26-27,31,41H,2,5-6,9-20,23H2,1H3,(H,42,50)(H,43,49). The third kappa shape index (κ3) is 8.25. The van der Waals surface area contributed by atoms with Crippen molar-refractivity contribution < 1.29 is 27.6 Å². The highest BCUT2D eigenvalue weighted by molar-refractivity contribution is 6.33. The van der Waals surface area contributed by atoms with Crippen molar-refractivity contribution in [1.29, 1.82) is 0 Å². The van der Waals surface area contributed by atoms with E-state index in [-0.39, 0.29) is 40.7 Å². The number of urea groups is 2. The van der Waals surface area contributed by atoms with E-state index in [0.717, 1.165) is 49.7 Å². The van der Waals surface area contributed by atoms with Crippen LogP contribution in [0.25, 0.3) is 0 Å². The average molecular weight is 718 g/mol. The maximum Gasteiger partial charge on any atom is 0.418 e. The summed E-state index contributed by atoms with van der Waals surface area (Å²) >= 11 is 6.30. The number of anilines is 2. The Morgan fingerprint density at radius 2 is 1.58 bits per heavy atom. The smallest absolute Gasteiger partial charge is 0.386 e. The molecule has 3 saturated heterocycles. The molecule has 0 aliphatic carbocycles. The van der Waals surface area contributed by atoms with E-state index >= 15 is 0 Å². The first kappa shape index (κ1) is 36.1. The van der Waals surface area contributed by atoms with Crippen LogP contribution in [0.15, 0.2) is 36.4 Å². The highest BCUT2D eigenvalue weighted by Crippen LogP contribution is 2.39. The van der Waals surface area contributed by atoms with Crippen molar-refractivity contribution in [1.82, 2.24) is 24.9 Å². The van der Waals surface area contributed by atoms with Gasteiger partial charge in [-0.1, -0.05) is 36.2 Å². The molecule has 4 heterocycles. The van der Waals surface area contributed by atoms with E-state index in [2.05, 4.69) is 20.9 Å². The van der Waals surface area contributed by atoms with Crippen molar-refractivity contribution in [3.63, 3.8) is 0 Å². The van der Waals surface area contributed by atoms with Gasteiger partial charge in [0.15, 0.2) is 0 Å². The fourth-order valence-electron chi connectivity index (χ4n) is 8.01. The number of alkyl halides is 3. The van der Waals surface area contributed by atoms with Gasteiger partial charge in [-0.05, 0) is 87.4 Å². The molecule has 6 rings (SSSR count). The maximum absolute atomic E-state index is 14.1. The van der Waals surface area contributed by atoms with Gasteiger partial charge in [-0.15, -0.1) is 0 Å². The van der Waals surface area contributed by atoms with Crippen LogP contribution < -0.4 is 16.0 Å². The van der Waals surface area contributed by atoms with Crippen LogP contribution in [0, 0.1) is 0 Å². The van der Waals surface area contributed by atoms with E-state index in [1.165, 1.54) is 32.4 Å². The van der Waals surface area contributed by atoms with Gasteiger partial charge in [0.1, 0.15) is 6.04 Å². The summed E-state index contributed by atoms with van der Waals surface area (Å²) in [5.74, 6) is -0.312. The summed E-state index contributed by atoms with van der Waals surface area (Å²) in [5, 5.41) is 8.32. The van der Waals surface area contributed by atoms with Crippen LogP contribution >= 0.6 is 11.6 Å². The fraction of sp³-hybridized carbons (Fsp3) is 0.583. The van der Waals surface area contributed by atoms with Gasteiger partial charge in [0.25, 0.3) is 0 Å². The number of rotatable bonds is 7. The molecule has 272 valence electrons. The van der Waals surface area contributed by atoms with Crippen molar-refractivity contribution in [2.45, 2.75) is 82.1 Å². The van der Waals surface area contributed by atoms with Crippen LogP contribution in [-0.4, -0.2) is 109 Å². The molecule has 1 atom stereocenters. The number of carbonyl (C=O) groups is 3. The Morgan fingerprint density at radius 3 is 2.26 bits per heavy atom. The van der Waals surface area contributed by atoms with Crippen LogP contribution in [0.4, 0.5) is 34.1 Å². The third-order valence-electron chi connectivity index (χ3n) is 10.8. The summed E-state index contributed by atoms with van der Waals surface area (Å²) < 4.78 is 42.1. The van der Waals surface area contributed by atoms with Crippen molar-refractivity contribution in [3.05, 3.63) is 58.1 Å². The molecular formula is C36H47ClF3N7O3. The summed E-state index contributed by atoms with van der Waals surface area (Å²) in [4.78, 5) is 48.6. The molecule has 2 aromatic carbocycles. The summed E-state index contributed by atoms with van der Waals surface area (Å²) in [5.41, 5.74) is 0.933. The lowest BCUT2D eigenvalue weighted by molar-refractivity contribution is -0.137. The van der Waals surface area contributed by atoms with Crippen LogP contribution in [0.3, 0.4) is 0 Å². The minimum Gasteiger partial charge on any atom is -0.386 e. The summed E-state index contributed by atoms with van der Waals surface area (Å²) in [6.07, 6.45) is 2.27. The number of carbonyl (C=O) groups excluding carboxylic acids is 3. The lowest BCUT2D eigenvalue weighted by Gasteiger charge is -2.41. The molecule has 2 aromatic rings. The number of benzene rings is 2. The van der Waals surface area contributed by atoms with Gasteiger partial charge >= 0.3 is 18.2 Å². The lowest BCUT2D eigenvalue weighted by atomic mass is 9.97. The van der Waals surface area contributed by atoms with E-state index in [4.69, 9.17) is 11.6 Å². The van der Waals surface area contributed by atoms with E-state index in [0.29, 0.717) is 51.6 Å². The maximum atomic E-state index is 14.1. The zero-order valence-corrected chi connectivity index (χ0v) is 29.3. The number of para-hydroxylation sites is 1. The normalized spacial score (nSPS) is 20.5. The molecule has 0 saturated carbocycles. The molecule has 0 radical (unpaired) electrons. The van der Waals surface area contributed by atoms with Crippen molar-refractivity contribution in [2.24, 2.45) is 0 Å². The summed E-state index contributed by atoms with van der Waals surface area (Å²) in [6.45, 7) is 4.48. The number of likely N-dealkylation sites (tertiary alicyclic amines) is 3. The Bertz CT molecular complexity index is 1540. The minimum atomic E-state index is -4.67. The molecule has 4 aliphatic rings. The quantitative estimate of drug-likeness (QED) is 0.324. The first-order valence-electron chi connectivity index (χ1n) is 17.8. The molecule has 1 unspecified atom stereocenters. The molecule has 0 spiro atoms. The lowest BCUT2D eigenvalue weighted by Crippen LogP contribution is -2.57. The van der Waals surface area contributed by atoms with E-state index < -0.39 is 23.8 Å². The Labute approximate surface area is 296 Å². The van der Waals surface area contributed by atoms with E-state index in [9.17, 15) is 27.6 Å². The van der Waals surface area contributed by atoms with Crippen LogP contribution in [-0.2, 0) is 23.8 Å². The molecule has 3 N–H and O–H groups in total. The predicted octanol–water partition coefficient (Wildman–Crippen LogP) is 6.05. The zero-order chi connectivity index (χ0) is 35.4. The molecule has 0 bridgehead atoms. The fourth-order valence-corrected chi connectivity index (χ4v) is 8.34. The van der Waals surface area contributed by atoms with E-state index in [1.54, 1.807) is 9.80 Å². The molecule has 5 amide bonds. The monoisotopic (exact) mass is 717 g/mol. The van der Waals surface area contributed by atoms with Gasteiger partial charge in [-0.2, -0.15) is 13.2 Å². The third-order valence-corrected chi connectivity index (χ3v) is 11.1. The largest absolute Gasteiger partial charge is 0.418 e. The number of halogens is 4. The number of nitrogens with one attached hydrogen (secondary N) is 3. The second kappa shape index (κ2) is 15.7. The first-order chi connectivity index (χ1) is 24.0. The van der Waals surface area contributed by atoms with Gasteiger partial charge in [0.05, 0.1) is 16.3 Å². The highest BCUT2D eigenvalue weighted by Gasteiger charge is 2.38. The molecule has 14 heteroatoms. The van der Waals surface area contributed by atoms with Gasteiger partial charge < -0.3 is 35.6 Å². The molecule has 3 fully saturated rings. The number of hydrogen-bond donors (Lipinski definition) is 3. The van der Waals surface area contributed by atoms with E-state index in [1.807, 2.05) is 29.2 Å². The van der Waals surface area contributed by atoms with Crippen LogP contribution in [0.5, 0.6) is 0 Å². The Balaban J connectivity index is 1.13. The van der Waals surface area contributed by atoms with Crippen molar-refractivity contribution >= 4 is 40.9 Å². The van der Waals surface area contributed by atoms with Gasteiger partial charge in [-0.3, -0.25) is 4.79 Å². The average Bonchev–Trinajstić information content (AvgIpc) is 3.29. The SMILES string of the molecule is CNc1c(Cl)cc(CC(NC(=O)N2CCC(N3CCc4ccccc4NC3=O)CC2)C(=O)N2CCC(N3CCCCC3)CC2)cc1C(F)(F)F. The summed E-state index contributed by atoms with van der Waals surface area (Å²) in [6, 6.07) is 8.82. The van der Waals surface area contributed by atoms with Crippen molar-refractivity contribution in [3.8, 4) is 0 Å². The summed E-state index contributed by atoms with van der Waals surface area (Å²) in [7, 11) is 1.37. The molecular weight excluding hydrogens is 671 g/mol. The van der Waals surface area contributed by atoms with Gasteiger partial charge in [0, 0.05) is 64.0 Å². The highest BCUT2D eigenvalue weighted by atomic mass is 35.5. The molecule has 0 aromatic heterocycles. The number of fused-ring (bicyclic) bond motifs is 1. The minimum absolute atomic E-state index is 0.0550. The van der Waals surface area contributed by atoms with Gasteiger partial charge in [-0.25, -0.2) is 9.59 Å². The second-order valence-electron chi connectivity index (χ2n) is 13.9. The number of amides is 5. The Hall–Kier alpha value is -3.71. The van der Waals surface area contributed by atoms with Gasteiger partial charge in [0.2, 0.25) is 5.91 Å². The van der Waals surface area contributed by atoms with Crippen molar-refractivity contribution in [2.75, 3.05) is 63.5 Å². The number of piperidine rings is 3. The first-order valence-corrected chi connectivity index (χ1v) is 18.2. The van der Waals surface area contributed by atoms with Crippen LogP contribution in [0.2, 0.25) is 5.02 Å². The predicted molar refractivity (Wildman–Crippen MR) is 188 cm³/mol.